The molecule has 0 aliphatic carbocycles. The number of ether oxygens (including phenoxy) is 1. The fraction of sp³-hybridized carbons (Fsp3) is 1.00. The van der Waals surface area contributed by atoms with Crippen LogP contribution < -0.4 is 0 Å². The first-order chi connectivity index (χ1) is 5.38. The number of hydrogen-bond donors (Lipinski definition) is 0. The minimum Gasteiger partial charge on any atom is -0.381 e. The average molecular weight is 151 g/mol. The summed E-state index contributed by atoms with van der Waals surface area (Å²) in [5.74, 6) is 1.76. The van der Waals surface area contributed by atoms with Crippen LogP contribution in [0.15, 0.2) is 0 Å². The molecule has 2 heterocycles. The van der Waals surface area contributed by atoms with Crippen LogP contribution in [0, 0.1) is 0 Å². The molecule has 0 aromatic heterocycles. The van der Waals surface area contributed by atoms with Gasteiger partial charge in [-0.1, -0.05) is 30.9 Å². The quantitative estimate of drug-likeness (QED) is 0.522. The summed E-state index contributed by atoms with van der Waals surface area (Å²) in [6.07, 6.45) is 7.41. The smallest absolute Gasteiger partial charge is 0.118 e. The van der Waals surface area contributed by atoms with Crippen molar-refractivity contribution in [3.63, 3.8) is 0 Å². The lowest BCUT2D eigenvalue weighted by molar-refractivity contribution is 0.0729. The topological polar surface area (TPSA) is 9.23 Å². The fourth-order valence-corrected chi connectivity index (χ4v) is 2.58. The zero-order valence-corrected chi connectivity index (χ0v) is 7.25. The van der Waals surface area contributed by atoms with Gasteiger partial charge in [-0.15, -0.1) is 0 Å². The fourth-order valence-electron chi connectivity index (χ4n) is 2.58. The van der Waals surface area contributed by atoms with E-state index in [-0.39, 0.29) is 0 Å². The minimum absolute atomic E-state index is 0.565. The van der Waals surface area contributed by atoms with Gasteiger partial charge in [-0.3, -0.25) is 0 Å². The molecule has 2 bridgehead atoms. The lowest BCUT2D eigenvalue weighted by atomic mass is 9.43. The molecule has 2 aliphatic heterocycles. The number of rotatable bonds is 1. The van der Waals surface area contributed by atoms with Gasteiger partial charge in [-0.05, 0) is 12.8 Å². The summed E-state index contributed by atoms with van der Waals surface area (Å²) >= 11 is 0. The van der Waals surface area contributed by atoms with Crippen LogP contribution in [0.5, 0.6) is 0 Å². The Bertz CT molecular complexity index is 126. The first kappa shape index (κ1) is 7.66. The Labute approximate surface area is 69.7 Å². The van der Waals surface area contributed by atoms with Crippen molar-refractivity contribution in [3.05, 3.63) is 0 Å². The monoisotopic (exact) mass is 151 g/mol. The third-order valence-electron chi connectivity index (χ3n) is 3.16. The minimum atomic E-state index is 0.565. The Morgan fingerprint density at radius 2 is 1.82 bits per heavy atom. The standard InChI is InChI=1S/C9H16BO/c1-11-9-5-7-3-2-4-8(6-9)10-7/h7-9H,2-6H2,1H3. The van der Waals surface area contributed by atoms with Crippen molar-refractivity contribution in [2.24, 2.45) is 0 Å². The highest BCUT2D eigenvalue weighted by atomic mass is 16.5. The van der Waals surface area contributed by atoms with Gasteiger partial charge in [-0.2, -0.15) is 0 Å². The van der Waals surface area contributed by atoms with Crippen molar-refractivity contribution in [3.8, 4) is 0 Å². The van der Waals surface area contributed by atoms with E-state index < -0.39 is 0 Å². The maximum Gasteiger partial charge on any atom is 0.118 e. The summed E-state index contributed by atoms with van der Waals surface area (Å²) in [7, 11) is 4.42. The van der Waals surface area contributed by atoms with E-state index in [1.165, 1.54) is 32.1 Å². The third kappa shape index (κ3) is 1.61. The molecule has 0 saturated carbocycles. The number of hydrogen-bond acceptors (Lipinski definition) is 1. The van der Waals surface area contributed by atoms with Crippen LogP contribution in [0.1, 0.15) is 32.1 Å². The van der Waals surface area contributed by atoms with E-state index in [1.54, 1.807) is 0 Å². The number of methoxy groups -OCH3 is 1. The Hall–Kier alpha value is 0.0249. The van der Waals surface area contributed by atoms with Gasteiger partial charge in [-0.25, -0.2) is 0 Å². The lowest BCUT2D eigenvalue weighted by Crippen LogP contribution is -2.31. The Morgan fingerprint density at radius 1 is 1.18 bits per heavy atom. The SMILES string of the molecule is COC1CC2[B]C(CCC2)C1. The van der Waals surface area contributed by atoms with Gasteiger partial charge in [0, 0.05) is 7.11 Å². The molecule has 1 nitrogen and oxygen atoms in total. The highest BCUT2D eigenvalue weighted by Crippen LogP contribution is 2.42. The molecule has 11 heavy (non-hydrogen) atoms. The second-order valence-corrected chi connectivity index (χ2v) is 3.97. The van der Waals surface area contributed by atoms with Gasteiger partial charge in [0.15, 0.2) is 0 Å². The van der Waals surface area contributed by atoms with Crippen molar-refractivity contribution in [2.75, 3.05) is 7.11 Å². The van der Waals surface area contributed by atoms with Crippen LogP contribution in [-0.4, -0.2) is 20.5 Å². The zero-order valence-electron chi connectivity index (χ0n) is 7.25. The van der Waals surface area contributed by atoms with Crippen LogP contribution in [0.3, 0.4) is 0 Å². The largest absolute Gasteiger partial charge is 0.381 e. The molecule has 2 rings (SSSR count). The molecule has 1 radical (unpaired) electrons. The second-order valence-electron chi connectivity index (χ2n) is 3.97. The molecule has 2 unspecified atom stereocenters. The van der Waals surface area contributed by atoms with E-state index in [1.807, 2.05) is 7.11 Å². The van der Waals surface area contributed by atoms with Crippen molar-refractivity contribution < 1.29 is 4.74 Å². The summed E-state index contributed by atoms with van der Waals surface area (Å²) in [5.41, 5.74) is 0. The van der Waals surface area contributed by atoms with Crippen LogP contribution >= 0.6 is 0 Å². The van der Waals surface area contributed by atoms with Crippen molar-refractivity contribution in [1.82, 2.24) is 0 Å². The lowest BCUT2D eigenvalue weighted by Gasteiger charge is -2.37. The first-order valence-electron chi connectivity index (χ1n) is 4.76. The predicted molar refractivity (Wildman–Crippen MR) is 47.1 cm³/mol. The molecule has 0 aromatic carbocycles. The molecule has 0 spiro atoms. The van der Waals surface area contributed by atoms with Gasteiger partial charge in [0.25, 0.3) is 0 Å². The molecule has 0 N–H and O–H groups in total. The third-order valence-corrected chi connectivity index (χ3v) is 3.16. The molecular weight excluding hydrogens is 135 g/mol. The van der Waals surface area contributed by atoms with Crippen molar-refractivity contribution in [2.45, 2.75) is 49.8 Å². The summed E-state index contributed by atoms with van der Waals surface area (Å²) in [4.78, 5) is 0. The molecule has 2 saturated heterocycles. The molecule has 2 heteroatoms. The Balaban J connectivity index is 1.94. The van der Waals surface area contributed by atoms with Crippen molar-refractivity contribution >= 4 is 7.28 Å². The van der Waals surface area contributed by atoms with Gasteiger partial charge >= 0.3 is 0 Å². The second kappa shape index (κ2) is 3.18. The Kier molecular flexibility index (Phi) is 2.21. The summed E-state index contributed by atoms with van der Waals surface area (Å²) in [5, 5.41) is 0. The van der Waals surface area contributed by atoms with Crippen LogP contribution in [-0.2, 0) is 4.74 Å². The van der Waals surface area contributed by atoms with Gasteiger partial charge in [0.1, 0.15) is 7.28 Å². The normalized spacial score (nSPS) is 43.2. The molecular formula is C9H16BO. The molecule has 61 valence electrons. The van der Waals surface area contributed by atoms with Crippen LogP contribution in [0.25, 0.3) is 0 Å². The van der Waals surface area contributed by atoms with Crippen LogP contribution in [0.4, 0.5) is 0 Å². The van der Waals surface area contributed by atoms with Gasteiger partial charge < -0.3 is 4.74 Å². The molecule has 2 atom stereocenters. The van der Waals surface area contributed by atoms with E-state index in [9.17, 15) is 0 Å². The summed E-state index contributed by atoms with van der Waals surface area (Å²) in [6.45, 7) is 0. The van der Waals surface area contributed by atoms with Gasteiger partial charge in [0.05, 0.1) is 6.10 Å². The molecule has 0 aromatic rings. The van der Waals surface area contributed by atoms with E-state index in [4.69, 9.17) is 4.74 Å². The van der Waals surface area contributed by atoms with Crippen LogP contribution in [0.2, 0.25) is 11.6 Å². The molecule has 2 aliphatic rings. The highest BCUT2D eigenvalue weighted by molar-refractivity contribution is 6.40. The summed E-state index contributed by atoms with van der Waals surface area (Å²) in [6, 6.07) is 0. The molecule has 2 fully saturated rings. The number of fused-ring (bicyclic) bond motifs is 2. The summed E-state index contributed by atoms with van der Waals surface area (Å²) < 4.78 is 5.41. The predicted octanol–water partition coefficient (Wildman–Crippen LogP) is 2.26. The van der Waals surface area contributed by atoms with E-state index >= 15 is 0 Å². The molecule has 0 amide bonds. The van der Waals surface area contributed by atoms with E-state index in [0.717, 1.165) is 11.6 Å². The van der Waals surface area contributed by atoms with E-state index in [2.05, 4.69) is 7.28 Å². The highest BCUT2D eigenvalue weighted by Gasteiger charge is 2.32. The Morgan fingerprint density at radius 3 is 2.36 bits per heavy atom. The van der Waals surface area contributed by atoms with Gasteiger partial charge in [0.2, 0.25) is 0 Å². The van der Waals surface area contributed by atoms with E-state index in [0.29, 0.717) is 6.10 Å². The van der Waals surface area contributed by atoms with Crippen molar-refractivity contribution in [1.29, 1.82) is 0 Å². The zero-order chi connectivity index (χ0) is 7.68. The maximum absolute atomic E-state index is 5.41. The average Bonchev–Trinajstić information content (AvgIpc) is 2.03. The maximum atomic E-state index is 5.41. The first-order valence-corrected chi connectivity index (χ1v) is 4.76.